The van der Waals surface area contributed by atoms with Crippen LogP contribution in [0, 0.1) is 0 Å². The minimum atomic E-state index is 0.0249. The Labute approximate surface area is 108 Å². The fourth-order valence-corrected chi connectivity index (χ4v) is 2.45. The molecule has 5 nitrogen and oxygen atoms in total. The summed E-state index contributed by atoms with van der Waals surface area (Å²) in [6, 6.07) is 2.36. The molecule has 18 heavy (non-hydrogen) atoms. The van der Waals surface area contributed by atoms with Gasteiger partial charge >= 0.3 is 6.01 Å². The lowest BCUT2D eigenvalue weighted by Crippen LogP contribution is -2.34. The highest BCUT2D eigenvalue weighted by Gasteiger charge is 2.36. The molecule has 5 heteroatoms. The number of ether oxygens (including phenoxy) is 2. The maximum absolute atomic E-state index is 5.66. The second kappa shape index (κ2) is 5.63. The van der Waals surface area contributed by atoms with E-state index in [1.165, 1.54) is 0 Å². The van der Waals surface area contributed by atoms with Crippen LogP contribution in [0.2, 0.25) is 0 Å². The summed E-state index contributed by atoms with van der Waals surface area (Å²) in [6.45, 7) is 5.02. The highest BCUT2D eigenvalue weighted by atomic mass is 16.5. The third-order valence-corrected chi connectivity index (χ3v) is 3.73. The summed E-state index contributed by atoms with van der Waals surface area (Å²) < 4.78 is 10.7. The van der Waals surface area contributed by atoms with E-state index in [4.69, 9.17) is 9.47 Å². The van der Waals surface area contributed by atoms with Gasteiger partial charge < -0.3 is 9.47 Å². The standard InChI is InChI=1S/C13H21N3O2/c1-4-13(18-3)6-8-16(10-13)9-11-5-7-14-12(15-11)17-2/h5,7H,4,6,8-10H2,1-3H3. The van der Waals surface area contributed by atoms with E-state index in [1.807, 2.05) is 6.07 Å². The fourth-order valence-electron chi connectivity index (χ4n) is 2.45. The molecule has 1 aliphatic heterocycles. The first-order chi connectivity index (χ1) is 8.71. The molecule has 0 radical (unpaired) electrons. The topological polar surface area (TPSA) is 47.5 Å². The Morgan fingerprint density at radius 1 is 1.44 bits per heavy atom. The van der Waals surface area contributed by atoms with Crippen LogP contribution >= 0.6 is 0 Å². The number of likely N-dealkylation sites (tertiary alicyclic amines) is 1. The molecule has 0 aliphatic carbocycles. The number of methoxy groups -OCH3 is 2. The van der Waals surface area contributed by atoms with Gasteiger partial charge in [-0.3, -0.25) is 4.90 Å². The molecule has 0 spiro atoms. The van der Waals surface area contributed by atoms with Crippen molar-refractivity contribution in [3.63, 3.8) is 0 Å². The van der Waals surface area contributed by atoms with E-state index < -0.39 is 0 Å². The number of aromatic nitrogens is 2. The third-order valence-electron chi connectivity index (χ3n) is 3.73. The lowest BCUT2D eigenvalue weighted by molar-refractivity contribution is -0.00512. The second-order valence-electron chi connectivity index (χ2n) is 4.74. The van der Waals surface area contributed by atoms with Crippen LogP contribution in [-0.4, -0.2) is 47.8 Å². The van der Waals surface area contributed by atoms with Crippen LogP contribution in [0.1, 0.15) is 25.5 Å². The highest BCUT2D eigenvalue weighted by molar-refractivity contribution is 5.06. The molecular weight excluding hydrogens is 230 g/mol. The molecule has 2 heterocycles. The molecule has 1 fully saturated rings. The van der Waals surface area contributed by atoms with Gasteiger partial charge in [0.15, 0.2) is 0 Å². The predicted octanol–water partition coefficient (Wildman–Crippen LogP) is 1.49. The summed E-state index contributed by atoms with van der Waals surface area (Å²) in [4.78, 5) is 10.7. The van der Waals surface area contributed by atoms with Gasteiger partial charge in [-0.2, -0.15) is 4.98 Å². The Morgan fingerprint density at radius 2 is 2.28 bits per heavy atom. The zero-order chi connectivity index (χ0) is 13.0. The van der Waals surface area contributed by atoms with E-state index >= 15 is 0 Å². The quantitative estimate of drug-likeness (QED) is 0.793. The number of rotatable bonds is 5. The molecule has 1 atom stereocenters. The zero-order valence-electron chi connectivity index (χ0n) is 11.3. The van der Waals surface area contributed by atoms with Gasteiger partial charge in [0.05, 0.1) is 18.4 Å². The summed E-state index contributed by atoms with van der Waals surface area (Å²) in [5, 5.41) is 0. The largest absolute Gasteiger partial charge is 0.467 e. The van der Waals surface area contributed by atoms with Crippen LogP contribution in [0.25, 0.3) is 0 Å². The Morgan fingerprint density at radius 3 is 2.89 bits per heavy atom. The predicted molar refractivity (Wildman–Crippen MR) is 68.5 cm³/mol. The molecule has 1 unspecified atom stereocenters. The van der Waals surface area contributed by atoms with Crippen molar-refractivity contribution in [1.29, 1.82) is 0 Å². The summed E-state index contributed by atoms with van der Waals surface area (Å²) in [5.74, 6) is 0. The summed E-state index contributed by atoms with van der Waals surface area (Å²) in [5.41, 5.74) is 1.02. The van der Waals surface area contributed by atoms with Crippen LogP contribution in [0.15, 0.2) is 12.3 Å². The van der Waals surface area contributed by atoms with Crippen molar-refractivity contribution in [3.8, 4) is 6.01 Å². The number of nitrogens with zero attached hydrogens (tertiary/aromatic N) is 3. The SMILES string of the molecule is CCC1(OC)CCN(Cc2ccnc(OC)n2)C1. The number of hydrogen-bond donors (Lipinski definition) is 0. The lowest BCUT2D eigenvalue weighted by Gasteiger charge is -2.26. The maximum Gasteiger partial charge on any atom is 0.316 e. The molecule has 0 aromatic carbocycles. The van der Waals surface area contributed by atoms with Gasteiger partial charge in [0.25, 0.3) is 0 Å². The summed E-state index contributed by atoms with van der Waals surface area (Å²) >= 11 is 0. The Hall–Kier alpha value is -1.20. The average molecular weight is 251 g/mol. The molecule has 0 bridgehead atoms. The van der Waals surface area contributed by atoms with Gasteiger partial charge in [0.2, 0.25) is 0 Å². The van der Waals surface area contributed by atoms with Gasteiger partial charge in [0.1, 0.15) is 0 Å². The zero-order valence-corrected chi connectivity index (χ0v) is 11.3. The Kier molecular flexibility index (Phi) is 4.14. The Balaban J connectivity index is 1.98. The van der Waals surface area contributed by atoms with Gasteiger partial charge in [-0.25, -0.2) is 4.98 Å². The van der Waals surface area contributed by atoms with Crippen molar-refractivity contribution >= 4 is 0 Å². The van der Waals surface area contributed by atoms with Crippen molar-refractivity contribution in [2.24, 2.45) is 0 Å². The van der Waals surface area contributed by atoms with Gasteiger partial charge in [-0.15, -0.1) is 0 Å². The lowest BCUT2D eigenvalue weighted by atomic mass is 10.00. The van der Waals surface area contributed by atoms with Crippen LogP contribution in [0.5, 0.6) is 6.01 Å². The molecule has 0 amide bonds. The monoisotopic (exact) mass is 251 g/mol. The summed E-state index contributed by atoms with van der Waals surface area (Å²) in [7, 11) is 3.39. The van der Waals surface area contributed by atoms with E-state index in [1.54, 1.807) is 20.4 Å². The van der Waals surface area contributed by atoms with Crippen molar-refractivity contribution < 1.29 is 9.47 Å². The molecule has 1 saturated heterocycles. The smallest absolute Gasteiger partial charge is 0.316 e. The van der Waals surface area contributed by atoms with Crippen molar-refractivity contribution in [2.45, 2.75) is 31.9 Å². The molecular formula is C13H21N3O2. The maximum atomic E-state index is 5.66. The third kappa shape index (κ3) is 2.79. The first kappa shape index (κ1) is 13.2. The van der Waals surface area contributed by atoms with Crippen molar-refractivity contribution in [3.05, 3.63) is 18.0 Å². The summed E-state index contributed by atoms with van der Waals surface area (Å²) in [6.07, 6.45) is 3.87. The molecule has 100 valence electrons. The molecule has 2 rings (SSSR count). The van der Waals surface area contributed by atoms with E-state index in [-0.39, 0.29) is 5.60 Å². The van der Waals surface area contributed by atoms with Gasteiger partial charge in [-0.1, -0.05) is 6.92 Å². The van der Waals surface area contributed by atoms with Crippen LogP contribution < -0.4 is 4.74 Å². The van der Waals surface area contributed by atoms with Crippen LogP contribution in [-0.2, 0) is 11.3 Å². The van der Waals surface area contributed by atoms with Crippen LogP contribution in [0.4, 0.5) is 0 Å². The molecule has 1 aliphatic rings. The van der Waals surface area contributed by atoms with Crippen molar-refractivity contribution in [1.82, 2.24) is 14.9 Å². The van der Waals surface area contributed by atoms with E-state index in [9.17, 15) is 0 Å². The van der Waals surface area contributed by atoms with E-state index in [0.29, 0.717) is 6.01 Å². The number of hydrogen-bond acceptors (Lipinski definition) is 5. The van der Waals surface area contributed by atoms with E-state index in [2.05, 4.69) is 21.8 Å². The fraction of sp³-hybridized carbons (Fsp3) is 0.692. The average Bonchev–Trinajstić information content (AvgIpc) is 2.83. The molecule has 0 N–H and O–H groups in total. The minimum Gasteiger partial charge on any atom is -0.467 e. The van der Waals surface area contributed by atoms with E-state index in [0.717, 1.165) is 38.2 Å². The normalized spacial score (nSPS) is 24.4. The van der Waals surface area contributed by atoms with Gasteiger partial charge in [0, 0.05) is 32.9 Å². The molecule has 0 saturated carbocycles. The molecule has 1 aromatic rings. The second-order valence-corrected chi connectivity index (χ2v) is 4.74. The van der Waals surface area contributed by atoms with Gasteiger partial charge in [-0.05, 0) is 18.9 Å². The first-order valence-corrected chi connectivity index (χ1v) is 6.35. The highest BCUT2D eigenvalue weighted by Crippen LogP contribution is 2.28. The molecule has 1 aromatic heterocycles. The first-order valence-electron chi connectivity index (χ1n) is 6.35. The Bertz CT molecular complexity index is 394. The van der Waals surface area contributed by atoms with Crippen molar-refractivity contribution in [2.75, 3.05) is 27.3 Å². The minimum absolute atomic E-state index is 0.0249. The van der Waals surface area contributed by atoms with Crippen LogP contribution in [0.3, 0.4) is 0 Å².